The molecule has 0 saturated heterocycles. The highest BCUT2D eigenvalue weighted by molar-refractivity contribution is 7.16. The molecule has 0 unspecified atom stereocenters. The molecule has 0 fully saturated rings. The summed E-state index contributed by atoms with van der Waals surface area (Å²) in [4.78, 5) is 31.5. The van der Waals surface area contributed by atoms with Gasteiger partial charge in [0.25, 0.3) is 5.91 Å². The third-order valence-electron chi connectivity index (χ3n) is 4.46. The second kappa shape index (κ2) is 8.07. The summed E-state index contributed by atoms with van der Waals surface area (Å²) in [5.74, 6) is -0.249. The van der Waals surface area contributed by atoms with E-state index in [4.69, 9.17) is 0 Å². The van der Waals surface area contributed by atoms with Gasteiger partial charge in [-0.15, -0.1) is 0 Å². The van der Waals surface area contributed by atoms with E-state index in [2.05, 4.69) is 15.6 Å². The van der Waals surface area contributed by atoms with Crippen LogP contribution in [0.5, 0.6) is 0 Å². The van der Waals surface area contributed by atoms with Crippen LogP contribution in [-0.4, -0.2) is 28.4 Å². The Morgan fingerprint density at radius 3 is 2.73 bits per heavy atom. The minimum Gasteiger partial charge on any atom is -0.319 e. The van der Waals surface area contributed by atoms with Gasteiger partial charge in [0.15, 0.2) is 5.13 Å². The fraction of sp³-hybridized carbons (Fsp3) is 0.211. The largest absolute Gasteiger partial charge is 0.416 e. The lowest BCUT2D eigenvalue weighted by atomic mass is 10.2. The lowest BCUT2D eigenvalue weighted by Crippen LogP contribution is -2.38. The van der Waals surface area contributed by atoms with Gasteiger partial charge in [-0.2, -0.15) is 24.5 Å². The van der Waals surface area contributed by atoms with Crippen LogP contribution in [0.2, 0.25) is 0 Å². The molecule has 4 rings (SSSR count). The quantitative estimate of drug-likeness (QED) is 0.583. The average molecular weight is 452 g/mol. The summed E-state index contributed by atoms with van der Waals surface area (Å²) >= 11 is 2.70. The summed E-state index contributed by atoms with van der Waals surface area (Å²) in [6.07, 6.45) is -3.98. The van der Waals surface area contributed by atoms with Crippen LogP contribution in [0.4, 0.5) is 28.8 Å². The first-order valence-electron chi connectivity index (χ1n) is 8.85. The van der Waals surface area contributed by atoms with Crippen molar-refractivity contribution in [1.82, 2.24) is 9.88 Å². The summed E-state index contributed by atoms with van der Waals surface area (Å²) in [6.45, 7) is 0.644. The number of benzene rings is 1. The van der Waals surface area contributed by atoms with E-state index >= 15 is 0 Å². The molecule has 2 aromatic heterocycles. The third-order valence-corrected chi connectivity index (χ3v) is 6.14. The molecule has 3 aromatic rings. The van der Waals surface area contributed by atoms with E-state index in [0.717, 1.165) is 22.7 Å². The number of hydrogen-bond acceptors (Lipinski definition) is 5. The maximum Gasteiger partial charge on any atom is 0.416 e. The molecule has 0 spiro atoms. The maximum absolute atomic E-state index is 12.8. The molecule has 3 heterocycles. The monoisotopic (exact) mass is 452 g/mol. The van der Waals surface area contributed by atoms with Crippen LogP contribution >= 0.6 is 22.7 Å². The van der Waals surface area contributed by atoms with Crippen LogP contribution in [0.15, 0.2) is 41.1 Å². The molecule has 3 amide bonds. The van der Waals surface area contributed by atoms with Gasteiger partial charge < -0.3 is 10.2 Å². The van der Waals surface area contributed by atoms with Crippen molar-refractivity contribution in [2.24, 2.45) is 0 Å². The number of nitrogens with one attached hydrogen (secondary N) is 2. The second-order valence-corrected chi connectivity index (χ2v) is 8.40. The molecule has 11 heteroatoms. The molecule has 0 bridgehead atoms. The summed E-state index contributed by atoms with van der Waals surface area (Å²) in [5.41, 5.74) is 0.613. The van der Waals surface area contributed by atoms with Gasteiger partial charge in [-0.05, 0) is 29.6 Å². The Balaban J connectivity index is 1.41. The molecule has 30 heavy (non-hydrogen) atoms. The predicted molar refractivity (Wildman–Crippen MR) is 109 cm³/mol. The van der Waals surface area contributed by atoms with Crippen molar-refractivity contribution in [2.45, 2.75) is 19.1 Å². The van der Waals surface area contributed by atoms with E-state index in [1.54, 1.807) is 11.4 Å². The normalized spacial score (nSPS) is 13.6. The number of anilines is 2. The number of amides is 3. The van der Waals surface area contributed by atoms with Crippen LogP contribution in [0.25, 0.3) is 0 Å². The number of fused-ring (bicyclic) bond motifs is 1. The Labute approximate surface area is 177 Å². The highest BCUT2D eigenvalue weighted by Crippen LogP contribution is 2.31. The number of nitrogens with zero attached hydrogens (tertiary/aromatic N) is 2. The molecule has 2 N–H and O–H groups in total. The Bertz CT molecular complexity index is 1080. The van der Waals surface area contributed by atoms with Gasteiger partial charge >= 0.3 is 12.2 Å². The predicted octanol–water partition coefficient (Wildman–Crippen LogP) is 5.07. The fourth-order valence-corrected chi connectivity index (χ4v) is 4.62. The highest BCUT2D eigenvalue weighted by Gasteiger charge is 2.31. The minimum atomic E-state index is -4.48. The number of urea groups is 1. The fourth-order valence-electron chi connectivity index (χ4n) is 2.96. The van der Waals surface area contributed by atoms with Gasteiger partial charge in [-0.3, -0.25) is 10.1 Å². The Morgan fingerprint density at radius 2 is 2.00 bits per heavy atom. The van der Waals surface area contributed by atoms with Gasteiger partial charge in [0.05, 0.1) is 23.4 Å². The molecule has 6 nitrogen and oxygen atoms in total. The van der Waals surface area contributed by atoms with Crippen LogP contribution in [0.1, 0.15) is 26.5 Å². The van der Waals surface area contributed by atoms with Crippen molar-refractivity contribution in [1.29, 1.82) is 0 Å². The van der Waals surface area contributed by atoms with Crippen LogP contribution in [0.3, 0.4) is 0 Å². The zero-order valence-electron chi connectivity index (χ0n) is 15.3. The van der Waals surface area contributed by atoms with E-state index in [1.807, 2.05) is 5.38 Å². The molecule has 0 aliphatic carbocycles. The van der Waals surface area contributed by atoms with Crippen LogP contribution in [-0.2, 0) is 19.1 Å². The third kappa shape index (κ3) is 4.46. The highest BCUT2D eigenvalue weighted by atomic mass is 32.1. The van der Waals surface area contributed by atoms with E-state index in [0.29, 0.717) is 23.7 Å². The summed E-state index contributed by atoms with van der Waals surface area (Å²) in [5, 5.41) is 9.27. The van der Waals surface area contributed by atoms with E-state index in [1.165, 1.54) is 39.7 Å². The van der Waals surface area contributed by atoms with Gasteiger partial charge in [0.1, 0.15) is 0 Å². The van der Waals surface area contributed by atoms with Gasteiger partial charge in [0.2, 0.25) is 0 Å². The smallest absolute Gasteiger partial charge is 0.319 e. The topological polar surface area (TPSA) is 74.3 Å². The number of thiazole rings is 1. The van der Waals surface area contributed by atoms with Crippen LogP contribution in [0, 0.1) is 0 Å². The standard InChI is InChI=1S/C19H15F3N4O2S2/c20-19(21,22)12-2-1-3-13(8-12)23-18(28)26-6-4-14-15(9-26)30-17(24-14)25-16(27)11-5-7-29-10-11/h1-3,5,7-8,10H,4,6,9H2,(H,23,28)(H,24,25,27). The van der Waals surface area contributed by atoms with Crippen molar-refractivity contribution in [3.05, 3.63) is 62.8 Å². The number of rotatable bonds is 3. The lowest BCUT2D eigenvalue weighted by Gasteiger charge is -2.26. The van der Waals surface area contributed by atoms with E-state index in [9.17, 15) is 22.8 Å². The molecule has 1 aromatic carbocycles. The first-order chi connectivity index (χ1) is 14.3. The number of thiophene rings is 1. The van der Waals surface area contributed by atoms with Crippen molar-refractivity contribution < 1.29 is 22.8 Å². The molecule has 0 saturated carbocycles. The molecular weight excluding hydrogens is 437 g/mol. The first kappa shape index (κ1) is 20.4. The number of carbonyl (C=O) groups is 2. The first-order valence-corrected chi connectivity index (χ1v) is 10.6. The molecule has 0 atom stereocenters. The Kier molecular flexibility index (Phi) is 5.48. The van der Waals surface area contributed by atoms with E-state index in [-0.39, 0.29) is 18.1 Å². The van der Waals surface area contributed by atoms with Crippen molar-refractivity contribution in [2.75, 3.05) is 17.2 Å². The molecule has 156 valence electrons. The number of hydrogen-bond donors (Lipinski definition) is 2. The van der Waals surface area contributed by atoms with Gasteiger partial charge in [-0.1, -0.05) is 17.4 Å². The second-order valence-electron chi connectivity index (χ2n) is 6.54. The van der Waals surface area contributed by atoms with Crippen molar-refractivity contribution >= 4 is 45.4 Å². The maximum atomic E-state index is 12.8. The SMILES string of the molecule is O=C(Nc1nc2c(s1)CN(C(=O)Nc1cccc(C(F)(F)F)c1)CC2)c1ccsc1. The van der Waals surface area contributed by atoms with Gasteiger partial charge in [-0.25, -0.2) is 9.78 Å². The zero-order valence-corrected chi connectivity index (χ0v) is 17.0. The number of halogens is 3. The number of aromatic nitrogens is 1. The molecule has 1 aliphatic heterocycles. The molecule has 1 aliphatic rings. The number of alkyl halides is 3. The Morgan fingerprint density at radius 1 is 1.17 bits per heavy atom. The molecule has 0 radical (unpaired) electrons. The van der Waals surface area contributed by atoms with Crippen molar-refractivity contribution in [3.63, 3.8) is 0 Å². The summed E-state index contributed by atoms with van der Waals surface area (Å²) < 4.78 is 38.5. The minimum absolute atomic E-state index is 0.0774. The summed E-state index contributed by atoms with van der Waals surface area (Å²) in [7, 11) is 0. The molecular formula is C19H15F3N4O2S2. The van der Waals surface area contributed by atoms with Gasteiger partial charge in [0, 0.05) is 28.9 Å². The van der Waals surface area contributed by atoms with Crippen molar-refractivity contribution in [3.8, 4) is 0 Å². The summed E-state index contributed by atoms with van der Waals surface area (Å²) in [6, 6.07) is 5.74. The zero-order chi connectivity index (χ0) is 21.3. The number of carbonyl (C=O) groups excluding carboxylic acids is 2. The lowest BCUT2D eigenvalue weighted by molar-refractivity contribution is -0.137. The Hall–Kier alpha value is -2.92. The van der Waals surface area contributed by atoms with E-state index < -0.39 is 17.8 Å². The van der Waals surface area contributed by atoms with Crippen LogP contribution < -0.4 is 10.6 Å². The average Bonchev–Trinajstić information content (AvgIpc) is 3.36.